The largest absolute Gasteiger partial charge is 0.331 e. The Morgan fingerprint density at radius 1 is 1.17 bits per heavy atom. The number of aromatic nitrogens is 4. The molecule has 148 valence electrons. The van der Waals surface area contributed by atoms with E-state index in [2.05, 4.69) is 15.5 Å². The van der Waals surface area contributed by atoms with E-state index in [0.29, 0.717) is 23.1 Å². The molecule has 2 N–H and O–H groups in total. The van der Waals surface area contributed by atoms with E-state index < -0.39 is 11.6 Å². The van der Waals surface area contributed by atoms with Gasteiger partial charge in [-0.3, -0.25) is 23.8 Å². The van der Waals surface area contributed by atoms with Gasteiger partial charge in [-0.25, -0.2) is 4.79 Å². The van der Waals surface area contributed by atoms with Gasteiger partial charge in [-0.1, -0.05) is 18.2 Å². The first-order valence-corrected chi connectivity index (χ1v) is 9.97. The number of aromatic amines is 1. The Bertz CT molecular complexity index is 1280. The van der Waals surface area contributed by atoms with Crippen molar-refractivity contribution in [2.75, 3.05) is 5.32 Å². The lowest BCUT2D eigenvalue weighted by Crippen LogP contribution is -2.42. The summed E-state index contributed by atoms with van der Waals surface area (Å²) in [5, 5.41) is 11.7. The third-order valence-corrected chi connectivity index (χ3v) is 5.51. The summed E-state index contributed by atoms with van der Waals surface area (Å²) in [7, 11) is 0. The van der Waals surface area contributed by atoms with Gasteiger partial charge in [0.1, 0.15) is 6.54 Å². The van der Waals surface area contributed by atoms with E-state index in [9.17, 15) is 14.4 Å². The van der Waals surface area contributed by atoms with Gasteiger partial charge in [0.25, 0.3) is 5.56 Å². The molecule has 1 amide bonds. The number of hydrogen-bond donors (Lipinski definition) is 2. The van der Waals surface area contributed by atoms with E-state index >= 15 is 0 Å². The molecule has 0 atom stereocenters. The minimum absolute atomic E-state index is 0.218. The Morgan fingerprint density at radius 2 is 2.00 bits per heavy atom. The number of nitrogens with one attached hydrogen (secondary N) is 2. The monoisotopic (exact) mass is 409 g/mol. The first kappa shape index (κ1) is 18.9. The summed E-state index contributed by atoms with van der Waals surface area (Å²) in [6, 6.07) is 12.4. The molecule has 0 saturated heterocycles. The molecule has 0 unspecified atom stereocenters. The van der Waals surface area contributed by atoms with Crippen LogP contribution in [0.1, 0.15) is 10.6 Å². The van der Waals surface area contributed by atoms with Crippen molar-refractivity contribution in [2.45, 2.75) is 26.4 Å². The van der Waals surface area contributed by atoms with Crippen molar-refractivity contribution in [1.82, 2.24) is 19.3 Å². The van der Waals surface area contributed by atoms with Crippen LogP contribution in [0.2, 0.25) is 0 Å². The molecular weight excluding hydrogens is 390 g/mol. The van der Waals surface area contributed by atoms with Crippen LogP contribution in [0.3, 0.4) is 0 Å². The molecule has 0 aliphatic rings. The summed E-state index contributed by atoms with van der Waals surface area (Å²) in [4.78, 5) is 39.6. The Balaban J connectivity index is 1.70. The van der Waals surface area contributed by atoms with E-state index in [4.69, 9.17) is 0 Å². The Labute approximate surface area is 169 Å². The van der Waals surface area contributed by atoms with Gasteiger partial charge in [0.15, 0.2) is 5.82 Å². The highest BCUT2D eigenvalue weighted by atomic mass is 32.1. The molecule has 29 heavy (non-hydrogen) atoms. The predicted molar refractivity (Wildman–Crippen MR) is 112 cm³/mol. The van der Waals surface area contributed by atoms with Gasteiger partial charge < -0.3 is 5.32 Å². The van der Waals surface area contributed by atoms with Crippen LogP contribution in [0.15, 0.2) is 57.4 Å². The molecule has 8 nitrogen and oxygen atoms in total. The zero-order valence-electron chi connectivity index (χ0n) is 15.7. The smallest absolute Gasteiger partial charge is 0.308 e. The van der Waals surface area contributed by atoms with Crippen molar-refractivity contribution in [3.05, 3.63) is 79.3 Å². The van der Waals surface area contributed by atoms with Gasteiger partial charge in [-0.05, 0) is 36.9 Å². The number of carbonyl (C=O) groups is 1. The number of nitrogens with zero attached hydrogens (tertiary/aromatic N) is 3. The Hall–Kier alpha value is -3.46. The molecule has 9 heteroatoms. The SMILES string of the molecule is Cc1cc(NC(=O)Cn2c(=O)n(CCc3cccs3)c(=O)c3ccccc32)n[nH]1. The van der Waals surface area contributed by atoms with Gasteiger partial charge in [0.05, 0.1) is 10.9 Å². The molecule has 0 aliphatic heterocycles. The number of H-pyrrole nitrogens is 1. The number of para-hydroxylation sites is 1. The fraction of sp³-hybridized carbons (Fsp3) is 0.200. The summed E-state index contributed by atoms with van der Waals surface area (Å²) < 4.78 is 2.54. The molecule has 0 aliphatic carbocycles. The summed E-state index contributed by atoms with van der Waals surface area (Å²) >= 11 is 1.58. The normalized spacial score (nSPS) is 11.1. The summed E-state index contributed by atoms with van der Waals surface area (Å²) in [6.45, 7) is 1.86. The zero-order valence-corrected chi connectivity index (χ0v) is 16.5. The second kappa shape index (κ2) is 7.88. The van der Waals surface area contributed by atoms with E-state index in [1.807, 2.05) is 24.4 Å². The molecule has 0 radical (unpaired) electrons. The van der Waals surface area contributed by atoms with Crippen LogP contribution in [-0.2, 0) is 24.3 Å². The van der Waals surface area contributed by atoms with Crippen molar-refractivity contribution < 1.29 is 4.79 Å². The third-order valence-electron chi connectivity index (χ3n) is 4.57. The Morgan fingerprint density at radius 3 is 2.72 bits per heavy atom. The van der Waals surface area contributed by atoms with E-state index in [1.54, 1.807) is 41.7 Å². The van der Waals surface area contributed by atoms with Crippen LogP contribution < -0.4 is 16.6 Å². The number of anilines is 1. The number of carbonyl (C=O) groups excluding carboxylic acids is 1. The van der Waals surface area contributed by atoms with Crippen molar-refractivity contribution >= 4 is 34.0 Å². The lowest BCUT2D eigenvalue weighted by Gasteiger charge is -2.13. The number of rotatable bonds is 6. The molecule has 0 spiro atoms. The predicted octanol–water partition coefficient (Wildman–Crippen LogP) is 2.14. The Kier molecular flexibility index (Phi) is 5.13. The van der Waals surface area contributed by atoms with Gasteiger partial charge in [0, 0.05) is 23.2 Å². The second-order valence-electron chi connectivity index (χ2n) is 6.66. The van der Waals surface area contributed by atoms with Crippen LogP contribution in [0.4, 0.5) is 5.82 Å². The quantitative estimate of drug-likeness (QED) is 0.509. The van der Waals surface area contributed by atoms with Crippen LogP contribution in [0.5, 0.6) is 0 Å². The number of benzene rings is 1. The molecule has 0 fully saturated rings. The fourth-order valence-electron chi connectivity index (χ4n) is 3.21. The first-order valence-electron chi connectivity index (χ1n) is 9.09. The lowest BCUT2D eigenvalue weighted by molar-refractivity contribution is -0.116. The molecule has 0 saturated carbocycles. The van der Waals surface area contributed by atoms with Crippen LogP contribution in [-0.4, -0.2) is 25.2 Å². The zero-order chi connectivity index (χ0) is 20.4. The minimum atomic E-state index is -0.501. The van der Waals surface area contributed by atoms with E-state index in [0.717, 1.165) is 10.6 Å². The lowest BCUT2D eigenvalue weighted by atomic mass is 10.2. The highest BCUT2D eigenvalue weighted by molar-refractivity contribution is 7.09. The van der Waals surface area contributed by atoms with Crippen molar-refractivity contribution in [2.24, 2.45) is 0 Å². The molecule has 0 bridgehead atoms. The second-order valence-corrected chi connectivity index (χ2v) is 7.69. The minimum Gasteiger partial charge on any atom is -0.308 e. The average molecular weight is 409 g/mol. The highest BCUT2D eigenvalue weighted by Gasteiger charge is 2.16. The fourth-order valence-corrected chi connectivity index (χ4v) is 3.90. The number of aryl methyl sites for hydroxylation is 2. The van der Waals surface area contributed by atoms with Crippen molar-refractivity contribution in [1.29, 1.82) is 0 Å². The van der Waals surface area contributed by atoms with Gasteiger partial charge in [-0.2, -0.15) is 5.10 Å². The van der Waals surface area contributed by atoms with E-state index in [-0.39, 0.29) is 18.6 Å². The molecule has 4 rings (SSSR count). The third kappa shape index (κ3) is 3.90. The maximum absolute atomic E-state index is 13.1. The number of fused-ring (bicyclic) bond motifs is 1. The van der Waals surface area contributed by atoms with Crippen molar-refractivity contribution in [3.63, 3.8) is 0 Å². The summed E-state index contributed by atoms with van der Waals surface area (Å²) in [5.41, 5.74) is 0.397. The highest BCUT2D eigenvalue weighted by Crippen LogP contribution is 2.11. The molecular formula is C20H19N5O3S. The number of thiophene rings is 1. The molecule has 3 aromatic heterocycles. The van der Waals surface area contributed by atoms with Crippen LogP contribution >= 0.6 is 11.3 Å². The van der Waals surface area contributed by atoms with Crippen LogP contribution in [0.25, 0.3) is 10.9 Å². The number of amides is 1. The number of hydrogen-bond acceptors (Lipinski definition) is 5. The maximum atomic E-state index is 13.1. The maximum Gasteiger partial charge on any atom is 0.331 e. The standard InChI is InChI=1S/C20H19N5O3S/c1-13-11-17(23-22-13)21-18(26)12-25-16-7-3-2-6-15(16)19(27)24(20(25)28)9-8-14-5-4-10-29-14/h2-7,10-11H,8-9,12H2,1H3,(H2,21,22,23,26). The van der Waals surface area contributed by atoms with E-state index in [1.165, 1.54) is 9.13 Å². The summed E-state index contributed by atoms with van der Waals surface area (Å²) in [5.74, 6) is -0.0110. The van der Waals surface area contributed by atoms with Gasteiger partial charge in [0.2, 0.25) is 5.91 Å². The summed E-state index contributed by atoms with van der Waals surface area (Å²) in [6.07, 6.45) is 0.573. The van der Waals surface area contributed by atoms with Crippen LogP contribution in [0, 0.1) is 6.92 Å². The average Bonchev–Trinajstić information content (AvgIpc) is 3.37. The van der Waals surface area contributed by atoms with Crippen molar-refractivity contribution in [3.8, 4) is 0 Å². The van der Waals surface area contributed by atoms with Gasteiger partial charge >= 0.3 is 5.69 Å². The van der Waals surface area contributed by atoms with Gasteiger partial charge in [-0.15, -0.1) is 11.3 Å². The first-order chi connectivity index (χ1) is 14.0. The molecule has 3 heterocycles. The topological polar surface area (TPSA) is 102 Å². The molecule has 1 aromatic carbocycles. The molecule has 4 aromatic rings.